The fourth-order valence-corrected chi connectivity index (χ4v) is 14.1. The summed E-state index contributed by atoms with van der Waals surface area (Å²) in [5, 5.41) is 0.383. The van der Waals surface area contributed by atoms with Crippen LogP contribution in [0.15, 0.2) is 0 Å². The van der Waals surface area contributed by atoms with Crippen molar-refractivity contribution in [2.75, 3.05) is 0 Å². The third kappa shape index (κ3) is 6.11. The van der Waals surface area contributed by atoms with Crippen molar-refractivity contribution >= 4 is 30.7 Å². The van der Waals surface area contributed by atoms with E-state index in [-0.39, 0.29) is 44.3 Å². The van der Waals surface area contributed by atoms with Crippen LogP contribution in [0.25, 0.3) is 0 Å². The lowest BCUT2D eigenvalue weighted by atomic mass is 9.38. The molecule has 0 bridgehead atoms. The van der Waals surface area contributed by atoms with Gasteiger partial charge in [-0.3, -0.25) is 4.79 Å². The number of Topliss-reactive ketones (excluding diaryl/α,β-unsaturated/α-hetero) is 1. The van der Waals surface area contributed by atoms with E-state index in [4.69, 9.17) is 13.3 Å². The van der Waals surface area contributed by atoms with Crippen LogP contribution >= 0.6 is 0 Å². The van der Waals surface area contributed by atoms with E-state index in [0.29, 0.717) is 35.9 Å². The molecule has 10 atom stereocenters. The van der Waals surface area contributed by atoms with Gasteiger partial charge in [-0.2, -0.15) is 0 Å². The van der Waals surface area contributed by atoms with Crippen molar-refractivity contribution in [3.8, 4) is 0 Å². The maximum atomic E-state index is 14.3. The molecule has 0 aromatic heterocycles. The van der Waals surface area contributed by atoms with Crippen LogP contribution in [0.1, 0.15) is 129 Å². The molecule has 0 aromatic carbocycles. The first-order chi connectivity index (χ1) is 20.4. The number of rotatable bonds is 6. The lowest BCUT2D eigenvalue weighted by Crippen LogP contribution is -2.71. The zero-order valence-corrected chi connectivity index (χ0v) is 36.9. The first-order valence-electron chi connectivity index (χ1n) is 18.9. The average molecular weight is 693 g/mol. The van der Waals surface area contributed by atoms with Crippen LogP contribution in [0.3, 0.4) is 0 Å². The molecule has 4 rings (SSSR count). The molecule has 4 saturated carbocycles. The van der Waals surface area contributed by atoms with Gasteiger partial charge in [-0.1, -0.05) is 83.1 Å². The highest BCUT2D eigenvalue weighted by molar-refractivity contribution is 6.75. The minimum absolute atomic E-state index is 0.00554. The fourth-order valence-electron chi connectivity index (χ4n) is 9.98. The molecule has 0 amide bonds. The Morgan fingerprint density at radius 1 is 0.674 bits per heavy atom. The summed E-state index contributed by atoms with van der Waals surface area (Å²) in [6.07, 6.45) is 6.39. The normalized spacial score (nSPS) is 41.2. The van der Waals surface area contributed by atoms with Crippen molar-refractivity contribution in [3.05, 3.63) is 0 Å². The monoisotopic (exact) mass is 693 g/mol. The van der Waals surface area contributed by atoms with E-state index in [1.54, 1.807) is 0 Å². The first-order valence-corrected chi connectivity index (χ1v) is 27.6. The van der Waals surface area contributed by atoms with Gasteiger partial charge in [0, 0.05) is 18.6 Å². The summed E-state index contributed by atoms with van der Waals surface area (Å²) in [7, 11) is -6.24. The van der Waals surface area contributed by atoms with Crippen molar-refractivity contribution in [2.45, 2.75) is 201 Å². The summed E-state index contributed by atoms with van der Waals surface area (Å²) in [4.78, 5) is 14.3. The number of fused-ring (bicyclic) bond motifs is 5. The van der Waals surface area contributed by atoms with Crippen molar-refractivity contribution in [3.63, 3.8) is 0 Å². The number of carbonyl (C=O) groups is 1. The molecular formula is C39H76O4Si3. The van der Waals surface area contributed by atoms with Crippen molar-refractivity contribution in [2.24, 2.45) is 39.9 Å². The quantitative estimate of drug-likeness (QED) is 0.260. The molecule has 268 valence electrons. The molecule has 7 heteroatoms. The molecule has 0 aliphatic heterocycles. The summed E-state index contributed by atoms with van der Waals surface area (Å²) in [6.45, 7) is 45.8. The van der Waals surface area contributed by atoms with Gasteiger partial charge in [-0.25, -0.2) is 0 Å². The van der Waals surface area contributed by atoms with Crippen molar-refractivity contribution in [1.82, 2.24) is 0 Å². The van der Waals surface area contributed by atoms with E-state index < -0.39 is 30.4 Å². The molecule has 4 aliphatic carbocycles. The van der Waals surface area contributed by atoms with Gasteiger partial charge in [-0.05, 0) is 128 Å². The highest BCUT2D eigenvalue weighted by Gasteiger charge is 2.74. The maximum Gasteiger partial charge on any atom is 0.192 e. The molecule has 0 radical (unpaired) electrons. The SMILES string of the molecule is C[C@@H]1C[C@@H]2[C@H](C[C@@H](O[Si](C)(C)C(C)(C)C)[C@H]3[C@@]2(C)C[C@@H](O[Si](C)(C)C(C)(C)C)[C@@]2(C)C(=O)CC[C@@]32C)[C@H](O[Si](C)(C)C(C)(C)C)C1. The second-order valence-corrected chi connectivity index (χ2v) is 36.3. The first kappa shape index (κ1) is 39.0. The molecule has 0 unspecified atom stereocenters. The Hall–Kier alpha value is 0.201. The molecule has 0 N–H and O–H groups in total. The third-order valence-corrected chi connectivity index (χ3v) is 29.6. The topological polar surface area (TPSA) is 44.8 Å². The van der Waals surface area contributed by atoms with E-state index in [9.17, 15) is 4.79 Å². The molecule has 0 aromatic rings. The summed E-state index contributed by atoms with van der Waals surface area (Å²) >= 11 is 0. The maximum absolute atomic E-state index is 14.3. The van der Waals surface area contributed by atoms with E-state index in [0.717, 1.165) is 25.7 Å². The highest BCUT2D eigenvalue weighted by atomic mass is 28.4. The van der Waals surface area contributed by atoms with Crippen LogP contribution in [0, 0.1) is 39.9 Å². The van der Waals surface area contributed by atoms with Crippen LogP contribution in [-0.2, 0) is 18.1 Å². The minimum atomic E-state index is -2.15. The van der Waals surface area contributed by atoms with Gasteiger partial charge < -0.3 is 13.3 Å². The van der Waals surface area contributed by atoms with Gasteiger partial charge in [0.15, 0.2) is 25.0 Å². The number of hydrogen-bond acceptors (Lipinski definition) is 4. The molecule has 0 saturated heterocycles. The summed E-state index contributed by atoms with van der Waals surface area (Å²) < 4.78 is 22.7. The van der Waals surface area contributed by atoms with Crippen LogP contribution in [-0.4, -0.2) is 49.0 Å². The van der Waals surface area contributed by atoms with E-state index >= 15 is 0 Å². The van der Waals surface area contributed by atoms with Gasteiger partial charge in [0.1, 0.15) is 5.78 Å². The Kier molecular flexibility index (Phi) is 9.84. The Morgan fingerprint density at radius 2 is 1.13 bits per heavy atom. The van der Waals surface area contributed by atoms with Gasteiger partial charge in [0.2, 0.25) is 0 Å². The molecule has 4 fully saturated rings. The molecule has 4 aliphatic rings. The number of carbonyl (C=O) groups excluding carboxylic acids is 1. The summed E-state index contributed by atoms with van der Waals surface area (Å²) in [5.74, 6) is 2.39. The standard InChI is InChI=1S/C39H76O4Si3/c1-26-22-28-27(29(23-26)41-44(14,15)34(2,3)4)24-30(42-45(16,17)35(5,6)7)33-37(28,11)25-32(43-46(18,19)36(8,9)10)39(13)31(40)20-21-38(33,39)12/h26-30,32-33H,20-25H2,1-19H3/t26-,27+,28-,29-,30-,32-,33+,37+,38+,39-/m1/s1. The second kappa shape index (κ2) is 11.6. The largest absolute Gasteiger partial charge is 0.414 e. The Morgan fingerprint density at radius 3 is 1.61 bits per heavy atom. The summed E-state index contributed by atoms with van der Waals surface area (Å²) in [5.41, 5.74) is -0.657. The van der Waals surface area contributed by atoms with Crippen LogP contribution in [0.2, 0.25) is 54.4 Å². The molecular weight excluding hydrogens is 617 g/mol. The Labute approximate surface area is 289 Å². The number of ketones is 1. The Bertz CT molecular complexity index is 1160. The average Bonchev–Trinajstić information content (AvgIpc) is 3.07. The predicted octanol–water partition coefficient (Wildman–Crippen LogP) is 11.6. The summed E-state index contributed by atoms with van der Waals surface area (Å²) in [6, 6.07) is 0. The van der Waals surface area contributed by atoms with Crippen LogP contribution in [0.5, 0.6) is 0 Å². The van der Waals surface area contributed by atoms with Gasteiger partial charge in [0.25, 0.3) is 0 Å². The Balaban J connectivity index is 1.92. The fraction of sp³-hybridized carbons (Fsp3) is 0.974. The van der Waals surface area contributed by atoms with Crippen molar-refractivity contribution < 1.29 is 18.1 Å². The predicted molar refractivity (Wildman–Crippen MR) is 203 cm³/mol. The molecule has 46 heavy (non-hydrogen) atoms. The third-order valence-electron chi connectivity index (χ3n) is 16.1. The minimum Gasteiger partial charge on any atom is -0.414 e. The lowest BCUT2D eigenvalue weighted by Gasteiger charge is -2.70. The molecule has 4 nitrogen and oxygen atoms in total. The van der Waals surface area contributed by atoms with E-state index in [1.165, 1.54) is 6.42 Å². The van der Waals surface area contributed by atoms with Crippen LogP contribution < -0.4 is 0 Å². The zero-order valence-electron chi connectivity index (χ0n) is 33.9. The van der Waals surface area contributed by atoms with Gasteiger partial charge in [0.05, 0.1) is 11.5 Å². The lowest BCUT2D eigenvalue weighted by molar-refractivity contribution is -0.242. The van der Waals surface area contributed by atoms with Gasteiger partial charge in [-0.15, -0.1) is 0 Å². The molecule has 0 spiro atoms. The highest BCUT2D eigenvalue weighted by Crippen LogP contribution is 2.73. The number of hydrogen-bond donors (Lipinski definition) is 0. The zero-order chi connectivity index (χ0) is 35.5. The van der Waals surface area contributed by atoms with Crippen molar-refractivity contribution in [1.29, 1.82) is 0 Å². The van der Waals surface area contributed by atoms with E-state index in [2.05, 4.69) is 129 Å². The second-order valence-electron chi connectivity index (χ2n) is 22.0. The molecule has 0 heterocycles. The van der Waals surface area contributed by atoms with E-state index in [1.807, 2.05) is 0 Å². The smallest absolute Gasteiger partial charge is 0.192 e. The van der Waals surface area contributed by atoms with Crippen LogP contribution in [0.4, 0.5) is 0 Å². The van der Waals surface area contributed by atoms with Gasteiger partial charge >= 0.3 is 0 Å².